The van der Waals surface area contributed by atoms with Crippen LogP contribution >= 0.6 is 0 Å². The molecule has 0 saturated carbocycles. The molecule has 0 bridgehead atoms. The van der Waals surface area contributed by atoms with E-state index in [1.165, 1.54) is 11.0 Å². The van der Waals surface area contributed by atoms with Gasteiger partial charge in [-0.1, -0.05) is 0 Å². The molecule has 7 nitrogen and oxygen atoms in total. The number of likely N-dealkylation sites (tertiary alicyclic amines) is 1. The number of hydrogen-bond donors (Lipinski definition) is 2. The molecule has 2 atom stereocenters. The first-order valence-corrected chi connectivity index (χ1v) is 7.89. The van der Waals surface area contributed by atoms with Crippen LogP contribution in [0, 0.1) is 22.7 Å². The average molecular weight is 346 g/mol. The van der Waals surface area contributed by atoms with Gasteiger partial charge in [0.25, 0.3) is 5.92 Å². The second kappa shape index (κ2) is 6.61. The van der Waals surface area contributed by atoms with E-state index in [2.05, 4.69) is 15.6 Å². The fourth-order valence-electron chi connectivity index (χ4n) is 3.10. The number of nitriles is 2. The number of pyridine rings is 1. The van der Waals surface area contributed by atoms with Crippen molar-refractivity contribution in [3.63, 3.8) is 0 Å². The molecule has 1 amide bonds. The monoisotopic (exact) mass is 346 g/mol. The van der Waals surface area contributed by atoms with Crippen molar-refractivity contribution in [2.24, 2.45) is 0 Å². The second-order valence-corrected chi connectivity index (χ2v) is 6.22. The summed E-state index contributed by atoms with van der Waals surface area (Å²) in [6.45, 7) is 0.0276. The van der Waals surface area contributed by atoms with Crippen molar-refractivity contribution in [3.8, 4) is 12.1 Å². The van der Waals surface area contributed by atoms with Gasteiger partial charge in [0.2, 0.25) is 5.91 Å². The van der Waals surface area contributed by atoms with Crippen molar-refractivity contribution in [2.75, 3.05) is 25.0 Å². The topological polar surface area (TPSA) is 105 Å². The van der Waals surface area contributed by atoms with Gasteiger partial charge in [-0.15, -0.1) is 0 Å². The number of aromatic nitrogens is 1. The highest BCUT2D eigenvalue weighted by molar-refractivity contribution is 5.82. The molecule has 2 aliphatic heterocycles. The summed E-state index contributed by atoms with van der Waals surface area (Å²) in [6.07, 6.45) is 0.143. The summed E-state index contributed by atoms with van der Waals surface area (Å²) in [5.74, 6) is -2.68. The van der Waals surface area contributed by atoms with E-state index in [-0.39, 0.29) is 36.2 Å². The number of amides is 1. The van der Waals surface area contributed by atoms with E-state index in [0.29, 0.717) is 18.8 Å². The lowest BCUT2D eigenvalue weighted by molar-refractivity contribution is -0.133. The zero-order valence-electron chi connectivity index (χ0n) is 13.3. The minimum Gasteiger partial charge on any atom is -0.366 e. The third-order valence-electron chi connectivity index (χ3n) is 4.38. The van der Waals surface area contributed by atoms with Crippen molar-refractivity contribution >= 4 is 11.7 Å². The Morgan fingerprint density at radius 1 is 1.40 bits per heavy atom. The number of hydrogen-bond acceptors (Lipinski definition) is 6. The Labute approximate surface area is 143 Å². The van der Waals surface area contributed by atoms with Gasteiger partial charge in [0.15, 0.2) is 5.69 Å². The van der Waals surface area contributed by atoms with E-state index in [0.717, 1.165) is 0 Å². The Balaban J connectivity index is 1.59. The summed E-state index contributed by atoms with van der Waals surface area (Å²) in [7, 11) is 0. The van der Waals surface area contributed by atoms with E-state index in [1.807, 2.05) is 12.1 Å². The van der Waals surface area contributed by atoms with Crippen molar-refractivity contribution in [2.45, 2.75) is 30.8 Å². The Bertz CT molecular complexity index is 769. The molecule has 25 heavy (non-hydrogen) atoms. The maximum absolute atomic E-state index is 13.3. The lowest BCUT2D eigenvalue weighted by atomic mass is 10.1. The molecule has 9 heteroatoms. The number of nitrogens with zero attached hydrogens (tertiary/aromatic N) is 4. The lowest BCUT2D eigenvalue weighted by Gasteiger charge is -2.20. The van der Waals surface area contributed by atoms with E-state index in [4.69, 9.17) is 10.5 Å². The predicted molar refractivity (Wildman–Crippen MR) is 83.6 cm³/mol. The summed E-state index contributed by atoms with van der Waals surface area (Å²) in [6, 6.07) is 6.22. The van der Waals surface area contributed by atoms with Crippen molar-refractivity contribution < 1.29 is 13.6 Å². The average Bonchev–Trinajstić information content (AvgIpc) is 3.20. The van der Waals surface area contributed by atoms with Crippen LogP contribution in [0.4, 0.5) is 14.6 Å². The maximum Gasteiger partial charge on any atom is 0.267 e. The van der Waals surface area contributed by atoms with Gasteiger partial charge in [-0.2, -0.15) is 10.5 Å². The van der Waals surface area contributed by atoms with Gasteiger partial charge in [-0.3, -0.25) is 4.79 Å². The molecule has 0 radical (unpaired) electrons. The first-order chi connectivity index (χ1) is 11.9. The molecule has 0 aliphatic carbocycles. The third-order valence-corrected chi connectivity index (χ3v) is 4.38. The third kappa shape index (κ3) is 3.67. The quantitative estimate of drug-likeness (QED) is 0.840. The van der Waals surface area contributed by atoms with E-state index < -0.39 is 18.5 Å². The molecule has 2 N–H and O–H groups in total. The lowest BCUT2D eigenvalue weighted by Crippen LogP contribution is -2.43. The summed E-state index contributed by atoms with van der Waals surface area (Å²) >= 11 is 0. The SMILES string of the molecule is N#Cc1ccc(N[C@@H]2CN[C@H](C(=O)N3CCC(F)(F)C3)C2)nc1C#N. The molecule has 2 aliphatic rings. The number of carbonyl (C=O) groups is 1. The summed E-state index contributed by atoms with van der Waals surface area (Å²) in [5, 5.41) is 24.0. The minimum absolute atomic E-state index is 0.0328. The zero-order valence-corrected chi connectivity index (χ0v) is 13.3. The molecule has 130 valence electrons. The van der Waals surface area contributed by atoms with Crippen molar-refractivity contribution in [3.05, 3.63) is 23.4 Å². The van der Waals surface area contributed by atoms with E-state index in [1.54, 1.807) is 6.07 Å². The first kappa shape index (κ1) is 17.1. The Hall–Kier alpha value is -2.78. The van der Waals surface area contributed by atoms with Crippen molar-refractivity contribution in [1.29, 1.82) is 10.5 Å². The van der Waals surface area contributed by atoms with Gasteiger partial charge >= 0.3 is 0 Å². The molecular formula is C16H16F2N6O. The van der Waals surface area contributed by atoms with E-state index >= 15 is 0 Å². The fraction of sp³-hybridized carbons (Fsp3) is 0.500. The first-order valence-electron chi connectivity index (χ1n) is 7.89. The highest BCUT2D eigenvalue weighted by Crippen LogP contribution is 2.28. The fourth-order valence-corrected chi connectivity index (χ4v) is 3.10. The predicted octanol–water partition coefficient (Wildman–Crippen LogP) is 0.835. The van der Waals surface area contributed by atoms with Crippen LogP contribution in [0.3, 0.4) is 0 Å². The molecular weight excluding hydrogens is 330 g/mol. The summed E-state index contributed by atoms with van der Waals surface area (Å²) in [5.41, 5.74) is 0.228. The van der Waals surface area contributed by atoms with Crippen LogP contribution in [0.2, 0.25) is 0 Å². The summed E-state index contributed by atoms with van der Waals surface area (Å²) < 4.78 is 26.5. The van der Waals surface area contributed by atoms with Crippen LogP contribution in [-0.2, 0) is 4.79 Å². The zero-order chi connectivity index (χ0) is 18.0. The Morgan fingerprint density at radius 3 is 2.84 bits per heavy atom. The number of rotatable bonds is 3. The number of carbonyl (C=O) groups excluding carboxylic acids is 1. The maximum atomic E-state index is 13.3. The standard InChI is InChI=1S/C16H16F2N6O/c17-16(18)3-4-24(9-16)15(25)12-5-11(8-21-12)22-14-2-1-10(6-19)13(7-20)23-14/h1-2,11-12,21H,3-5,8-9H2,(H,22,23)/t11-,12-/m0/s1. The molecule has 3 heterocycles. The van der Waals surface area contributed by atoms with Gasteiger partial charge in [0.05, 0.1) is 18.2 Å². The van der Waals surface area contributed by atoms with E-state index in [9.17, 15) is 13.6 Å². The van der Waals surface area contributed by atoms with Gasteiger partial charge in [-0.05, 0) is 18.6 Å². The van der Waals surface area contributed by atoms with Crippen LogP contribution in [0.5, 0.6) is 0 Å². The molecule has 1 aromatic rings. The molecule has 2 fully saturated rings. The molecule has 0 spiro atoms. The molecule has 3 rings (SSSR count). The van der Waals surface area contributed by atoms with Crippen LogP contribution in [0.1, 0.15) is 24.1 Å². The van der Waals surface area contributed by atoms with Crippen LogP contribution < -0.4 is 10.6 Å². The summed E-state index contributed by atoms with van der Waals surface area (Å²) in [4.78, 5) is 17.6. The normalized spacial score (nSPS) is 24.6. The van der Waals surface area contributed by atoms with Gasteiger partial charge in [0, 0.05) is 25.6 Å². The number of anilines is 1. The van der Waals surface area contributed by atoms with Gasteiger partial charge < -0.3 is 15.5 Å². The smallest absolute Gasteiger partial charge is 0.267 e. The highest BCUT2D eigenvalue weighted by atomic mass is 19.3. The number of nitrogens with one attached hydrogen (secondary N) is 2. The number of alkyl halides is 2. The van der Waals surface area contributed by atoms with Crippen LogP contribution in [0.15, 0.2) is 12.1 Å². The van der Waals surface area contributed by atoms with Crippen LogP contribution in [-0.4, -0.2) is 53.4 Å². The Morgan fingerprint density at radius 2 is 2.20 bits per heavy atom. The largest absolute Gasteiger partial charge is 0.366 e. The Kier molecular flexibility index (Phi) is 4.51. The molecule has 2 saturated heterocycles. The number of halogens is 2. The van der Waals surface area contributed by atoms with Crippen LogP contribution in [0.25, 0.3) is 0 Å². The second-order valence-electron chi connectivity index (χ2n) is 6.22. The minimum atomic E-state index is -2.80. The molecule has 0 unspecified atom stereocenters. The highest BCUT2D eigenvalue weighted by Gasteiger charge is 2.43. The van der Waals surface area contributed by atoms with Gasteiger partial charge in [0.1, 0.15) is 18.0 Å². The molecule has 0 aromatic carbocycles. The van der Waals surface area contributed by atoms with Gasteiger partial charge in [-0.25, -0.2) is 13.8 Å². The molecule has 1 aromatic heterocycles. The van der Waals surface area contributed by atoms with Crippen molar-refractivity contribution in [1.82, 2.24) is 15.2 Å².